The molecule has 4 rings (SSSR count). The number of methoxy groups -OCH3 is 2. The van der Waals surface area contributed by atoms with E-state index >= 15 is 0 Å². The van der Waals surface area contributed by atoms with E-state index in [2.05, 4.69) is 34.6 Å². The van der Waals surface area contributed by atoms with Crippen LogP contribution in [-0.2, 0) is 11.6 Å². The van der Waals surface area contributed by atoms with E-state index in [1.54, 1.807) is 14.2 Å². The molecule has 2 aromatic carbocycles. The number of carbonyl (C=O) groups excluding carboxylic acids is 1. The Kier molecular flexibility index (Phi) is 7.68. The van der Waals surface area contributed by atoms with Crippen molar-refractivity contribution in [3.8, 4) is 11.5 Å². The van der Waals surface area contributed by atoms with Crippen molar-refractivity contribution in [1.82, 2.24) is 10.2 Å². The highest BCUT2D eigenvalue weighted by Gasteiger charge is 2.51. The van der Waals surface area contributed by atoms with E-state index in [1.807, 2.05) is 6.07 Å². The molecule has 6 nitrogen and oxygen atoms in total. The Balaban J connectivity index is 1.50. The highest BCUT2D eigenvalue weighted by Crippen LogP contribution is 2.50. The summed E-state index contributed by atoms with van der Waals surface area (Å²) in [5.41, 5.74) is 0.491. The van der Waals surface area contributed by atoms with E-state index in [0.717, 1.165) is 57.3 Å². The summed E-state index contributed by atoms with van der Waals surface area (Å²) < 4.78 is 50.1. The molecule has 36 heavy (non-hydrogen) atoms. The molecule has 0 radical (unpaired) electrons. The van der Waals surface area contributed by atoms with Crippen molar-refractivity contribution >= 4 is 11.7 Å². The molecule has 2 aromatic rings. The minimum atomic E-state index is -4.46. The number of alkyl halides is 3. The molecule has 1 aliphatic carbocycles. The Bertz CT molecular complexity index is 1080. The van der Waals surface area contributed by atoms with Gasteiger partial charge < -0.3 is 20.1 Å². The third-order valence-electron chi connectivity index (χ3n) is 7.62. The predicted octanol–water partition coefficient (Wildman–Crippen LogP) is 5.82. The maximum Gasteiger partial charge on any atom is 0.416 e. The number of amides is 2. The van der Waals surface area contributed by atoms with E-state index in [9.17, 15) is 18.0 Å². The Labute approximate surface area is 210 Å². The lowest BCUT2D eigenvalue weighted by Crippen LogP contribution is -2.53. The van der Waals surface area contributed by atoms with E-state index < -0.39 is 17.8 Å². The lowest BCUT2D eigenvalue weighted by molar-refractivity contribution is -0.137. The van der Waals surface area contributed by atoms with Crippen LogP contribution in [0.15, 0.2) is 42.5 Å². The molecule has 2 amide bonds. The number of ether oxygens (including phenoxy) is 2. The molecule has 0 spiro atoms. The molecule has 0 bridgehead atoms. The van der Waals surface area contributed by atoms with Gasteiger partial charge in [-0.1, -0.05) is 19.1 Å². The third-order valence-corrected chi connectivity index (χ3v) is 7.62. The van der Waals surface area contributed by atoms with Crippen molar-refractivity contribution in [2.24, 2.45) is 0 Å². The van der Waals surface area contributed by atoms with Gasteiger partial charge in [0.25, 0.3) is 0 Å². The molecular weight excluding hydrogens is 471 g/mol. The van der Waals surface area contributed by atoms with Gasteiger partial charge in [0.15, 0.2) is 11.5 Å². The first kappa shape index (κ1) is 26.1. The molecule has 2 N–H and O–H groups in total. The quantitative estimate of drug-likeness (QED) is 0.498. The Morgan fingerprint density at radius 3 is 2.58 bits per heavy atom. The molecular formula is C27H34F3N3O3. The first-order chi connectivity index (χ1) is 17.2. The summed E-state index contributed by atoms with van der Waals surface area (Å²) in [5, 5.41) is 5.58. The largest absolute Gasteiger partial charge is 0.493 e. The molecule has 9 heteroatoms. The number of urea groups is 1. The average molecular weight is 506 g/mol. The summed E-state index contributed by atoms with van der Waals surface area (Å²) in [6.07, 6.45) is 0.0339. The smallest absolute Gasteiger partial charge is 0.416 e. The standard InChI is InChI=1S/C27H34F3N3O3/c1-4-13-33-14-12-26(18-8-9-22(35-2)23(16-18)36-3)11-10-21(17-24(26)33)32-25(34)31-20-7-5-6-19(15-20)27(28,29)30/h5-9,15-16,21,24H,4,10-14,17H2,1-3H3,(H2,31,32,34). The molecule has 1 heterocycles. The van der Waals surface area contributed by atoms with Gasteiger partial charge in [0.2, 0.25) is 0 Å². The van der Waals surface area contributed by atoms with Crippen LogP contribution in [-0.4, -0.2) is 50.3 Å². The number of halogens is 3. The zero-order valence-electron chi connectivity index (χ0n) is 21.0. The lowest BCUT2D eigenvalue weighted by atomic mass is 9.65. The van der Waals surface area contributed by atoms with Crippen LogP contribution in [0.4, 0.5) is 23.7 Å². The van der Waals surface area contributed by atoms with Gasteiger partial charge in [0.1, 0.15) is 0 Å². The van der Waals surface area contributed by atoms with Crippen molar-refractivity contribution < 1.29 is 27.4 Å². The second-order valence-electron chi connectivity index (χ2n) is 9.68. The molecule has 2 aliphatic rings. The summed E-state index contributed by atoms with van der Waals surface area (Å²) in [6.45, 7) is 4.12. The van der Waals surface area contributed by atoms with Crippen LogP contribution >= 0.6 is 0 Å². The van der Waals surface area contributed by atoms with Crippen LogP contribution in [0.1, 0.15) is 50.2 Å². The average Bonchev–Trinajstić information content (AvgIpc) is 3.22. The molecule has 1 saturated heterocycles. The van der Waals surface area contributed by atoms with E-state index in [4.69, 9.17) is 9.47 Å². The summed E-state index contributed by atoms with van der Waals surface area (Å²) in [6, 6.07) is 10.5. The molecule has 3 atom stereocenters. The van der Waals surface area contributed by atoms with Crippen LogP contribution in [0.5, 0.6) is 11.5 Å². The van der Waals surface area contributed by atoms with Crippen molar-refractivity contribution in [3.05, 3.63) is 53.6 Å². The minimum absolute atomic E-state index is 0.0512. The van der Waals surface area contributed by atoms with E-state index in [0.29, 0.717) is 11.5 Å². The summed E-state index contributed by atoms with van der Waals surface area (Å²) in [7, 11) is 3.26. The predicted molar refractivity (Wildman–Crippen MR) is 133 cm³/mol. The second-order valence-corrected chi connectivity index (χ2v) is 9.68. The van der Waals surface area contributed by atoms with Crippen LogP contribution in [0.2, 0.25) is 0 Å². The Morgan fingerprint density at radius 1 is 1.11 bits per heavy atom. The second kappa shape index (κ2) is 10.6. The lowest BCUT2D eigenvalue weighted by Gasteiger charge is -2.45. The van der Waals surface area contributed by atoms with Crippen LogP contribution in [0.25, 0.3) is 0 Å². The number of carbonyl (C=O) groups is 1. The van der Waals surface area contributed by atoms with Gasteiger partial charge in [0, 0.05) is 23.2 Å². The zero-order valence-corrected chi connectivity index (χ0v) is 21.0. The molecule has 3 unspecified atom stereocenters. The highest BCUT2D eigenvalue weighted by molar-refractivity contribution is 5.89. The highest BCUT2D eigenvalue weighted by atomic mass is 19.4. The van der Waals surface area contributed by atoms with Gasteiger partial charge in [0.05, 0.1) is 19.8 Å². The molecule has 2 fully saturated rings. The molecule has 0 aromatic heterocycles. The van der Waals surface area contributed by atoms with Gasteiger partial charge in [-0.05, 0) is 81.1 Å². The van der Waals surface area contributed by atoms with Gasteiger partial charge in [-0.15, -0.1) is 0 Å². The number of anilines is 1. The Hall–Kier alpha value is -2.94. The van der Waals surface area contributed by atoms with Gasteiger partial charge in [-0.3, -0.25) is 4.90 Å². The molecule has 196 valence electrons. The number of rotatable bonds is 7. The van der Waals surface area contributed by atoms with Crippen LogP contribution < -0.4 is 20.1 Å². The van der Waals surface area contributed by atoms with Crippen molar-refractivity contribution in [2.45, 2.75) is 62.7 Å². The van der Waals surface area contributed by atoms with Gasteiger partial charge in [-0.25, -0.2) is 4.79 Å². The number of hydrogen-bond donors (Lipinski definition) is 2. The number of nitrogens with one attached hydrogen (secondary N) is 2. The first-order valence-electron chi connectivity index (χ1n) is 12.4. The number of benzene rings is 2. The minimum Gasteiger partial charge on any atom is -0.493 e. The van der Waals surface area contributed by atoms with Crippen LogP contribution in [0, 0.1) is 0 Å². The first-order valence-corrected chi connectivity index (χ1v) is 12.4. The van der Waals surface area contributed by atoms with Gasteiger partial charge in [-0.2, -0.15) is 13.2 Å². The normalized spacial score (nSPS) is 24.2. The van der Waals surface area contributed by atoms with Crippen molar-refractivity contribution in [3.63, 3.8) is 0 Å². The summed E-state index contributed by atoms with van der Waals surface area (Å²) in [5.74, 6) is 1.40. The molecule has 1 aliphatic heterocycles. The van der Waals surface area contributed by atoms with E-state index in [-0.39, 0.29) is 23.2 Å². The maximum absolute atomic E-state index is 13.0. The number of likely N-dealkylation sites (tertiary alicyclic amines) is 1. The number of nitrogens with zero attached hydrogens (tertiary/aromatic N) is 1. The SMILES string of the molecule is CCCN1CCC2(c3ccc(OC)c(OC)c3)CCC(NC(=O)Nc3cccc(C(F)(F)F)c3)CC12. The van der Waals surface area contributed by atoms with Gasteiger partial charge >= 0.3 is 12.2 Å². The maximum atomic E-state index is 13.0. The summed E-state index contributed by atoms with van der Waals surface area (Å²) in [4.78, 5) is 15.2. The molecule has 1 saturated carbocycles. The van der Waals surface area contributed by atoms with Crippen LogP contribution in [0.3, 0.4) is 0 Å². The monoisotopic (exact) mass is 505 g/mol. The van der Waals surface area contributed by atoms with Crippen molar-refractivity contribution in [1.29, 1.82) is 0 Å². The third kappa shape index (κ3) is 5.26. The number of fused-ring (bicyclic) bond motifs is 1. The van der Waals surface area contributed by atoms with E-state index in [1.165, 1.54) is 17.7 Å². The fraction of sp³-hybridized carbons (Fsp3) is 0.519. The number of hydrogen-bond acceptors (Lipinski definition) is 4. The summed E-state index contributed by atoms with van der Waals surface area (Å²) >= 11 is 0. The fourth-order valence-electron chi connectivity index (χ4n) is 5.94. The topological polar surface area (TPSA) is 62.8 Å². The fourth-order valence-corrected chi connectivity index (χ4v) is 5.94. The Morgan fingerprint density at radius 2 is 1.89 bits per heavy atom. The zero-order chi connectivity index (χ0) is 25.9. The van der Waals surface area contributed by atoms with Crippen molar-refractivity contribution in [2.75, 3.05) is 32.6 Å².